The number of esters is 2. The fourth-order valence-electron chi connectivity index (χ4n) is 2.97. The second-order valence-electron chi connectivity index (χ2n) is 6.70. The number of benzene rings is 1. The smallest absolute Gasteiger partial charge is 0.422 e. The number of methoxy groups -OCH3 is 2. The molecule has 0 spiro atoms. The molecule has 1 heterocycles. The Morgan fingerprint density at radius 3 is 1.97 bits per heavy atom. The molecule has 9 nitrogen and oxygen atoms in total. The third kappa shape index (κ3) is 6.86. The van der Waals surface area contributed by atoms with Crippen molar-refractivity contribution in [2.75, 3.05) is 39.2 Å². The van der Waals surface area contributed by atoms with Gasteiger partial charge in [-0.25, -0.2) is 14.4 Å². The number of hydrogen-bond donors (Lipinski definition) is 1. The first-order chi connectivity index (χ1) is 14.5. The maximum Gasteiger partial charge on any atom is 0.422 e. The van der Waals surface area contributed by atoms with Crippen LogP contribution < -0.4 is 5.32 Å². The minimum atomic E-state index is -4.62. The molecule has 0 unspecified atom stereocenters. The minimum Gasteiger partial charge on any atom is -0.465 e. The van der Waals surface area contributed by atoms with Gasteiger partial charge in [-0.2, -0.15) is 13.2 Å². The molecule has 1 aromatic rings. The first-order valence-corrected chi connectivity index (χ1v) is 9.15. The molecule has 2 rings (SSSR count). The zero-order valence-corrected chi connectivity index (χ0v) is 16.8. The van der Waals surface area contributed by atoms with Crippen LogP contribution in [0.25, 0.3) is 0 Å². The molecule has 2 amide bonds. The van der Waals surface area contributed by atoms with E-state index in [9.17, 15) is 32.3 Å². The lowest BCUT2D eigenvalue weighted by molar-refractivity contribution is -0.162. The Kier molecular flexibility index (Phi) is 7.83. The van der Waals surface area contributed by atoms with Crippen molar-refractivity contribution in [3.63, 3.8) is 0 Å². The highest BCUT2D eigenvalue weighted by atomic mass is 19.4. The van der Waals surface area contributed by atoms with E-state index in [4.69, 9.17) is 0 Å². The van der Waals surface area contributed by atoms with Crippen molar-refractivity contribution in [2.24, 2.45) is 5.92 Å². The van der Waals surface area contributed by atoms with Crippen LogP contribution in [0.5, 0.6) is 0 Å². The molecule has 1 N–H and O–H groups in total. The summed E-state index contributed by atoms with van der Waals surface area (Å²) in [7, 11) is 2.33. The Balaban J connectivity index is 2.00. The standard InChI is InChI=1S/C19H21F3N2O7/c1-29-16(26)12-7-13(17(27)30-2)9-14(8-12)23-15(25)11-3-5-24(6-4-11)18(28)31-10-19(20,21)22/h7-9,11H,3-6,10H2,1-2H3,(H,23,25). The average Bonchev–Trinajstić information content (AvgIpc) is 2.75. The van der Waals surface area contributed by atoms with Crippen LogP contribution in [0.3, 0.4) is 0 Å². The lowest BCUT2D eigenvalue weighted by atomic mass is 9.96. The second kappa shape index (κ2) is 10.1. The van der Waals surface area contributed by atoms with Crippen LogP contribution in [0, 0.1) is 5.92 Å². The summed E-state index contributed by atoms with van der Waals surface area (Å²) in [5, 5.41) is 2.60. The Morgan fingerprint density at radius 1 is 1.00 bits per heavy atom. The fraction of sp³-hybridized carbons (Fsp3) is 0.474. The van der Waals surface area contributed by atoms with Gasteiger partial charge >= 0.3 is 24.2 Å². The number of rotatable bonds is 5. The van der Waals surface area contributed by atoms with Crippen molar-refractivity contribution in [2.45, 2.75) is 19.0 Å². The number of alkyl halides is 3. The van der Waals surface area contributed by atoms with Gasteiger partial charge in [-0.1, -0.05) is 0 Å². The van der Waals surface area contributed by atoms with Gasteiger partial charge in [-0.3, -0.25) is 4.79 Å². The molecule has 0 radical (unpaired) electrons. The van der Waals surface area contributed by atoms with Crippen molar-refractivity contribution >= 4 is 29.6 Å². The topological polar surface area (TPSA) is 111 Å². The fourth-order valence-corrected chi connectivity index (χ4v) is 2.97. The Bertz CT molecular complexity index is 815. The Labute approximate surface area is 175 Å². The highest BCUT2D eigenvalue weighted by Gasteiger charge is 2.33. The normalized spacial score (nSPS) is 14.5. The number of nitrogens with one attached hydrogen (secondary N) is 1. The van der Waals surface area contributed by atoms with E-state index in [1.54, 1.807) is 0 Å². The molecule has 0 aromatic heterocycles. The summed E-state index contributed by atoms with van der Waals surface area (Å²) < 4.78 is 49.9. The van der Waals surface area contributed by atoms with Crippen LogP contribution in [0.2, 0.25) is 0 Å². The van der Waals surface area contributed by atoms with Crippen molar-refractivity contribution in [3.8, 4) is 0 Å². The number of halogens is 3. The van der Waals surface area contributed by atoms with Gasteiger partial charge in [-0.15, -0.1) is 0 Å². The van der Waals surface area contributed by atoms with Gasteiger partial charge in [0.15, 0.2) is 6.61 Å². The second-order valence-corrected chi connectivity index (χ2v) is 6.70. The molecule has 0 saturated carbocycles. The van der Waals surface area contributed by atoms with Crippen LogP contribution in [-0.2, 0) is 19.0 Å². The Morgan fingerprint density at radius 2 is 1.52 bits per heavy atom. The third-order valence-electron chi connectivity index (χ3n) is 4.53. The molecule has 0 atom stereocenters. The van der Waals surface area contributed by atoms with Crippen molar-refractivity contribution in [1.29, 1.82) is 0 Å². The SMILES string of the molecule is COC(=O)c1cc(NC(=O)C2CCN(C(=O)OCC(F)(F)F)CC2)cc(C(=O)OC)c1. The number of nitrogens with zero attached hydrogens (tertiary/aromatic N) is 1. The number of anilines is 1. The van der Waals surface area contributed by atoms with Crippen molar-refractivity contribution in [1.82, 2.24) is 4.90 Å². The lowest BCUT2D eigenvalue weighted by Crippen LogP contribution is -2.42. The van der Waals surface area contributed by atoms with Crippen molar-refractivity contribution < 1.29 is 46.6 Å². The van der Waals surface area contributed by atoms with E-state index >= 15 is 0 Å². The number of hydrogen-bond acceptors (Lipinski definition) is 7. The number of likely N-dealkylation sites (tertiary alicyclic amines) is 1. The number of carbonyl (C=O) groups excluding carboxylic acids is 4. The maximum absolute atomic E-state index is 12.6. The Hall–Kier alpha value is -3.31. The molecule has 31 heavy (non-hydrogen) atoms. The van der Waals surface area contributed by atoms with Gasteiger partial charge in [0, 0.05) is 24.7 Å². The largest absolute Gasteiger partial charge is 0.465 e. The number of amides is 2. The monoisotopic (exact) mass is 446 g/mol. The highest BCUT2D eigenvalue weighted by molar-refractivity contribution is 6.00. The predicted octanol–water partition coefficient (Wildman–Crippen LogP) is 2.61. The third-order valence-corrected chi connectivity index (χ3v) is 4.53. The van der Waals surface area contributed by atoms with E-state index < -0.39 is 42.6 Å². The molecule has 1 aromatic carbocycles. The summed E-state index contributed by atoms with van der Waals surface area (Å²) in [5.74, 6) is -2.39. The summed E-state index contributed by atoms with van der Waals surface area (Å²) in [6, 6.07) is 3.93. The summed E-state index contributed by atoms with van der Waals surface area (Å²) in [6.07, 6.45) is -5.30. The van der Waals surface area contributed by atoms with Gasteiger partial charge < -0.3 is 24.4 Å². The highest BCUT2D eigenvalue weighted by Crippen LogP contribution is 2.23. The molecule has 0 aliphatic carbocycles. The van der Waals surface area contributed by atoms with Gasteiger partial charge in [0.25, 0.3) is 0 Å². The average molecular weight is 446 g/mol. The van der Waals surface area contributed by atoms with E-state index in [2.05, 4.69) is 19.5 Å². The van der Waals surface area contributed by atoms with Gasteiger partial charge in [-0.05, 0) is 31.0 Å². The van der Waals surface area contributed by atoms with E-state index in [0.717, 1.165) is 4.90 Å². The summed E-state index contributed by atoms with van der Waals surface area (Å²) >= 11 is 0. The first kappa shape index (κ1) is 24.0. The van der Waals surface area contributed by atoms with Gasteiger partial charge in [0.1, 0.15) is 0 Å². The van der Waals surface area contributed by atoms with Crippen LogP contribution in [0.4, 0.5) is 23.7 Å². The molecular formula is C19H21F3N2O7. The van der Waals surface area contributed by atoms with Crippen molar-refractivity contribution in [3.05, 3.63) is 29.3 Å². The zero-order valence-electron chi connectivity index (χ0n) is 16.8. The molecular weight excluding hydrogens is 425 g/mol. The molecule has 12 heteroatoms. The van der Waals surface area contributed by atoms with Gasteiger partial charge in [0.2, 0.25) is 5.91 Å². The van der Waals surface area contributed by atoms with E-state index in [0.29, 0.717) is 0 Å². The molecule has 1 aliphatic rings. The van der Waals surface area contributed by atoms with Crippen LogP contribution in [0.15, 0.2) is 18.2 Å². The summed E-state index contributed by atoms with van der Waals surface area (Å²) in [5.41, 5.74) is 0.228. The summed E-state index contributed by atoms with van der Waals surface area (Å²) in [6.45, 7) is -1.58. The van der Waals surface area contributed by atoms with E-state index in [1.807, 2.05) is 0 Å². The molecule has 170 valence electrons. The molecule has 1 fully saturated rings. The van der Waals surface area contributed by atoms with Crippen LogP contribution in [0.1, 0.15) is 33.6 Å². The van der Waals surface area contributed by atoms with Crippen LogP contribution in [-0.4, -0.2) is 68.9 Å². The minimum absolute atomic E-state index is 0.0305. The first-order valence-electron chi connectivity index (χ1n) is 9.15. The quantitative estimate of drug-likeness (QED) is 0.547. The van der Waals surface area contributed by atoms with E-state index in [1.165, 1.54) is 32.4 Å². The van der Waals surface area contributed by atoms with Crippen LogP contribution >= 0.6 is 0 Å². The maximum atomic E-state index is 12.6. The number of carbonyl (C=O) groups is 4. The predicted molar refractivity (Wildman–Crippen MR) is 99.5 cm³/mol. The molecule has 0 bridgehead atoms. The zero-order chi connectivity index (χ0) is 23.2. The van der Waals surface area contributed by atoms with Gasteiger partial charge in [0.05, 0.1) is 25.3 Å². The van der Waals surface area contributed by atoms with E-state index in [-0.39, 0.29) is 42.7 Å². The number of ether oxygens (including phenoxy) is 3. The number of piperidine rings is 1. The lowest BCUT2D eigenvalue weighted by Gasteiger charge is -2.30. The molecule has 1 aliphatic heterocycles. The summed E-state index contributed by atoms with van der Waals surface area (Å²) in [4.78, 5) is 49.0. The molecule has 1 saturated heterocycles.